The molecule has 71 heavy (non-hydrogen) atoms. The van der Waals surface area contributed by atoms with Gasteiger partial charge in [-0.15, -0.1) is 0 Å². The van der Waals surface area contributed by atoms with Gasteiger partial charge in [0.1, 0.15) is 11.6 Å². The van der Waals surface area contributed by atoms with E-state index in [2.05, 4.69) is 36.4 Å². The SMILES string of the molecule is CN(Cl)C1CCC(NC(=O)c2ccc(-c3ccc(CC(NC(=O)[C@H]4CC[C@H](CNC(=O)OC(C)(C)C)CC4)C(=O)Nc4ccc(-c5nc(C(F)(F)C(F)(F)C(=O)O)n[nH]5)cc4)cc3)c(C(F)(F)F)c2)CC1. The molecule has 2 fully saturated rings. The van der Waals surface area contributed by atoms with E-state index < -0.39 is 82.6 Å². The van der Waals surface area contributed by atoms with E-state index in [9.17, 15) is 54.7 Å². The van der Waals surface area contributed by atoms with Crippen LogP contribution in [0.3, 0.4) is 0 Å². The predicted molar refractivity (Wildman–Crippen MR) is 246 cm³/mol. The molecule has 3 aromatic carbocycles. The number of H-pyrrole nitrogens is 1. The average Bonchev–Trinajstić information content (AvgIpc) is 3.82. The van der Waals surface area contributed by atoms with Crippen LogP contribution in [0.2, 0.25) is 0 Å². The van der Waals surface area contributed by atoms with Crippen LogP contribution in [-0.4, -0.2) is 97.7 Å². The van der Waals surface area contributed by atoms with Gasteiger partial charge in [0.2, 0.25) is 17.6 Å². The number of amides is 4. The van der Waals surface area contributed by atoms with Crippen LogP contribution in [-0.2, 0) is 37.6 Å². The standard InChI is InChI=1S/C48H54ClF7N8O7/c1-45(2,3)71-44(70)57-25-27-7-11-30(12-8-27)39(65)60-37(41(67)59-32-16-13-29(14-17-32)38-61-42(63-62-38)46(50,51)47(52,53)43(68)69)23-26-5-9-28(10-6-26)35-22-15-31(24-36(35)48(54,55)56)40(66)58-33-18-20-34(21-19-33)64(4)49/h5-6,9-10,13-17,22,24,27,30,33-34,37H,7-8,11-12,18-21,23,25H2,1-4H3,(H,57,70)(H,58,66)(H,59,67)(H,60,65)(H,68,69)(H,61,62,63)/t27-,30-,33?,34?,37?. The number of nitrogens with zero attached hydrogens (tertiary/aromatic N) is 3. The van der Waals surface area contributed by atoms with Gasteiger partial charge in [0, 0.05) is 54.8 Å². The number of aliphatic carboxylic acids is 1. The average molecular weight is 1020 g/mol. The minimum absolute atomic E-state index is 0.0403. The Morgan fingerprint density at radius 1 is 0.845 bits per heavy atom. The number of aromatic amines is 1. The number of carboxylic acids is 1. The largest absolute Gasteiger partial charge is 0.477 e. The summed E-state index contributed by atoms with van der Waals surface area (Å²) in [6, 6.07) is 13.1. The highest BCUT2D eigenvalue weighted by Gasteiger charge is 2.66. The van der Waals surface area contributed by atoms with Gasteiger partial charge in [0.05, 0.1) is 5.56 Å². The number of anilines is 1. The smallest absolute Gasteiger partial charge is 0.417 e. The molecule has 384 valence electrons. The Labute approximate surface area is 409 Å². The molecule has 2 saturated carbocycles. The second-order valence-electron chi connectivity index (χ2n) is 18.9. The molecule has 0 radical (unpaired) electrons. The maximum absolute atomic E-state index is 14.6. The summed E-state index contributed by atoms with van der Waals surface area (Å²) in [5.74, 6) is -18.3. The third kappa shape index (κ3) is 13.8. The molecule has 0 saturated heterocycles. The first-order valence-corrected chi connectivity index (χ1v) is 23.2. The van der Waals surface area contributed by atoms with Crippen molar-refractivity contribution in [2.45, 2.75) is 120 Å². The van der Waals surface area contributed by atoms with Crippen LogP contribution in [0, 0.1) is 11.8 Å². The van der Waals surface area contributed by atoms with Crippen molar-refractivity contribution in [2.75, 3.05) is 18.9 Å². The highest BCUT2D eigenvalue weighted by Crippen LogP contribution is 2.42. The minimum Gasteiger partial charge on any atom is -0.477 e. The van der Waals surface area contributed by atoms with E-state index in [1.165, 1.54) is 60.7 Å². The molecule has 0 aliphatic heterocycles. The molecule has 6 rings (SSSR count). The number of carbonyl (C=O) groups excluding carboxylic acids is 4. The number of nitrogens with one attached hydrogen (secondary N) is 5. The highest BCUT2D eigenvalue weighted by molar-refractivity contribution is 6.13. The number of carboxylic acid groups (broad SMARTS) is 1. The number of hydrogen-bond acceptors (Lipinski definition) is 9. The summed E-state index contributed by atoms with van der Waals surface area (Å²) in [7, 11) is 1.75. The van der Waals surface area contributed by atoms with Crippen LogP contribution in [0.4, 0.5) is 41.2 Å². The predicted octanol–water partition coefficient (Wildman–Crippen LogP) is 9.09. The fourth-order valence-electron chi connectivity index (χ4n) is 8.49. The number of alkyl halides is 7. The highest BCUT2D eigenvalue weighted by atomic mass is 35.5. The maximum Gasteiger partial charge on any atom is 0.417 e. The molecule has 6 N–H and O–H groups in total. The number of carbonyl (C=O) groups is 5. The number of halogens is 8. The Morgan fingerprint density at radius 2 is 1.46 bits per heavy atom. The Hall–Kier alpha value is -6.29. The third-order valence-electron chi connectivity index (χ3n) is 12.5. The zero-order valence-electron chi connectivity index (χ0n) is 39.1. The van der Waals surface area contributed by atoms with Crippen molar-refractivity contribution in [1.82, 2.24) is 35.6 Å². The first-order chi connectivity index (χ1) is 33.2. The summed E-state index contributed by atoms with van der Waals surface area (Å²) in [5.41, 5.74) is -1.26. The van der Waals surface area contributed by atoms with Crippen molar-refractivity contribution >= 4 is 47.2 Å². The van der Waals surface area contributed by atoms with Crippen molar-refractivity contribution < 1.29 is 64.5 Å². The second-order valence-corrected chi connectivity index (χ2v) is 19.4. The third-order valence-corrected chi connectivity index (χ3v) is 12.7. The van der Waals surface area contributed by atoms with Gasteiger partial charge in [-0.25, -0.2) is 19.0 Å². The van der Waals surface area contributed by atoms with Gasteiger partial charge in [0.15, 0.2) is 5.82 Å². The van der Waals surface area contributed by atoms with Gasteiger partial charge in [-0.1, -0.05) is 30.3 Å². The summed E-state index contributed by atoms with van der Waals surface area (Å²) < 4.78 is 107. The molecular weight excluding hydrogens is 969 g/mol. The number of benzene rings is 3. The van der Waals surface area contributed by atoms with E-state index in [0.717, 1.165) is 18.9 Å². The molecular formula is C48H54ClF7N8O7. The van der Waals surface area contributed by atoms with Gasteiger partial charge in [-0.05, 0) is 143 Å². The molecule has 4 amide bonds. The van der Waals surface area contributed by atoms with Crippen LogP contribution >= 0.6 is 11.8 Å². The van der Waals surface area contributed by atoms with Gasteiger partial charge in [-0.2, -0.15) is 35.8 Å². The lowest BCUT2D eigenvalue weighted by atomic mass is 9.81. The Balaban J connectivity index is 1.17. The molecule has 2 aliphatic rings. The number of aromatic nitrogens is 3. The van der Waals surface area contributed by atoms with Crippen LogP contribution in [0.25, 0.3) is 22.5 Å². The molecule has 0 spiro atoms. The first kappa shape index (κ1) is 54.1. The zero-order valence-corrected chi connectivity index (χ0v) is 39.8. The van der Waals surface area contributed by atoms with Crippen LogP contribution in [0.5, 0.6) is 0 Å². The summed E-state index contributed by atoms with van der Waals surface area (Å²) in [5, 5.41) is 24.8. The Kier molecular flexibility index (Phi) is 16.7. The van der Waals surface area contributed by atoms with Gasteiger partial charge in [0.25, 0.3) is 5.91 Å². The summed E-state index contributed by atoms with van der Waals surface area (Å²) >= 11 is 6.07. The molecule has 4 aromatic rings. The van der Waals surface area contributed by atoms with Gasteiger partial charge >= 0.3 is 30.1 Å². The van der Waals surface area contributed by atoms with Crippen LogP contribution in [0.1, 0.15) is 99.4 Å². The molecule has 0 bridgehead atoms. The number of hydrogen-bond donors (Lipinski definition) is 6. The molecule has 1 unspecified atom stereocenters. The van der Waals surface area contributed by atoms with E-state index >= 15 is 0 Å². The number of ether oxygens (including phenoxy) is 1. The maximum atomic E-state index is 14.6. The second kappa shape index (κ2) is 22.0. The lowest BCUT2D eigenvalue weighted by Crippen LogP contribution is -2.48. The summed E-state index contributed by atoms with van der Waals surface area (Å²) in [6.45, 7) is 5.57. The van der Waals surface area contributed by atoms with E-state index in [1.54, 1.807) is 32.2 Å². The number of rotatable bonds is 16. The molecule has 1 atom stereocenters. The minimum atomic E-state index is -5.51. The fourth-order valence-corrected chi connectivity index (χ4v) is 8.68. The Morgan fingerprint density at radius 3 is 2.04 bits per heavy atom. The van der Waals surface area contributed by atoms with E-state index in [0.29, 0.717) is 50.6 Å². The fraction of sp³-hybridized carbons (Fsp3) is 0.479. The lowest BCUT2D eigenvalue weighted by molar-refractivity contribution is -0.231. The molecule has 1 aromatic heterocycles. The lowest BCUT2D eigenvalue weighted by Gasteiger charge is -2.31. The summed E-state index contributed by atoms with van der Waals surface area (Å²) in [6.07, 6.45) is -0.792. The normalized spacial score (nSPS) is 19.3. The van der Waals surface area contributed by atoms with Crippen molar-refractivity contribution in [3.8, 4) is 22.5 Å². The molecule has 15 nitrogen and oxygen atoms in total. The monoisotopic (exact) mass is 1020 g/mol. The van der Waals surface area contributed by atoms with Crippen molar-refractivity contribution in [1.29, 1.82) is 0 Å². The van der Waals surface area contributed by atoms with Crippen molar-refractivity contribution in [3.05, 3.63) is 89.2 Å². The van der Waals surface area contributed by atoms with E-state index in [1.807, 2.05) is 0 Å². The van der Waals surface area contributed by atoms with Crippen LogP contribution < -0.4 is 21.3 Å². The Bertz CT molecular complexity index is 2540. The zero-order chi connectivity index (χ0) is 52.1. The molecule has 1 heterocycles. The first-order valence-electron chi connectivity index (χ1n) is 22.8. The topological polar surface area (TPSA) is 208 Å². The quantitative estimate of drug-likeness (QED) is 0.0464. The molecule has 2 aliphatic carbocycles. The summed E-state index contributed by atoms with van der Waals surface area (Å²) in [4.78, 5) is 67.3. The van der Waals surface area contributed by atoms with Gasteiger partial charge in [-0.3, -0.25) is 19.5 Å². The van der Waals surface area contributed by atoms with E-state index in [4.69, 9.17) is 21.6 Å². The van der Waals surface area contributed by atoms with Crippen LogP contribution in [0.15, 0.2) is 66.7 Å². The van der Waals surface area contributed by atoms with Crippen molar-refractivity contribution in [2.24, 2.45) is 11.8 Å². The van der Waals surface area contributed by atoms with Crippen molar-refractivity contribution in [3.63, 3.8) is 0 Å². The van der Waals surface area contributed by atoms with E-state index in [-0.39, 0.29) is 52.4 Å². The number of alkyl carbamates (subject to hydrolysis) is 1. The van der Waals surface area contributed by atoms with Gasteiger partial charge < -0.3 is 31.1 Å². The molecule has 23 heteroatoms.